The summed E-state index contributed by atoms with van der Waals surface area (Å²) in [4.78, 5) is 115. The Bertz CT molecular complexity index is 2590. The van der Waals surface area contributed by atoms with E-state index in [1.165, 1.54) is 0 Å². The van der Waals surface area contributed by atoms with Crippen molar-refractivity contribution >= 4 is 53.2 Å². The maximum absolute atomic E-state index is 14.5. The second kappa shape index (κ2) is 32.4. The Hall–Kier alpha value is -8.17. The number of aliphatic hydroxyl groups excluding tert-OH is 1. The zero-order chi connectivity index (χ0) is 57.1. The van der Waals surface area contributed by atoms with Gasteiger partial charge in [-0.1, -0.05) is 155 Å². The van der Waals surface area contributed by atoms with Crippen molar-refractivity contribution in [3.05, 3.63) is 144 Å². The molecule has 0 aliphatic carbocycles. The van der Waals surface area contributed by atoms with E-state index < -0.39 is 108 Å². The van der Waals surface area contributed by atoms with Crippen LogP contribution in [-0.4, -0.2) is 120 Å². The van der Waals surface area contributed by atoms with E-state index in [9.17, 15) is 43.5 Å². The number of aliphatic imine (C=N–C) groups is 1. The zero-order valence-electron chi connectivity index (χ0n) is 44.9. The number of hydrogen-bond donors (Lipinski definition) is 12. The number of hydrogen-bond acceptors (Lipinski definition) is 11. The number of amides is 8. The lowest BCUT2D eigenvalue weighted by atomic mass is 9.96. The van der Waals surface area contributed by atoms with Gasteiger partial charge in [0.25, 0.3) is 0 Å². The molecule has 9 atom stereocenters. The fourth-order valence-electron chi connectivity index (χ4n) is 8.41. The van der Waals surface area contributed by atoms with Gasteiger partial charge < -0.3 is 65.3 Å². The highest BCUT2D eigenvalue weighted by atomic mass is 16.3. The van der Waals surface area contributed by atoms with Crippen molar-refractivity contribution in [3.8, 4) is 0 Å². The van der Waals surface area contributed by atoms with Crippen LogP contribution in [0.5, 0.6) is 0 Å². The molecule has 420 valence electrons. The molecule has 0 fully saturated rings. The molecule has 4 aromatic carbocycles. The molecule has 0 saturated heterocycles. The number of carbonyl (C=O) groups is 8. The molecule has 0 aliphatic heterocycles. The van der Waals surface area contributed by atoms with Crippen molar-refractivity contribution in [3.63, 3.8) is 0 Å². The van der Waals surface area contributed by atoms with Crippen LogP contribution in [0.25, 0.3) is 0 Å². The molecule has 4 rings (SSSR count). The Kier molecular flexibility index (Phi) is 25.9. The number of rotatable bonds is 32. The highest BCUT2D eigenvalue weighted by Gasteiger charge is 2.36. The largest absolute Gasteiger partial charge is 0.394 e. The summed E-state index contributed by atoms with van der Waals surface area (Å²) in [7, 11) is 0. The third-order valence-electron chi connectivity index (χ3n) is 12.9. The third-order valence-corrected chi connectivity index (χ3v) is 12.9. The average Bonchev–Trinajstić information content (AvgIpc) is 3.42. The van der Waals surface area contributed by atoms with Gasteiger partial charge in [0.15, 0.2) is 5.96 Å². The normalized spacial score (nSPS) is 14.5. The van der Waals surface area contributed by atoms with Gasteiger partial charge in [-0.3, -0.25) is 43.3 Å². The summed E-state index contributed by atoms with van der Waals surface area (Å²) in [5.41, 5.74) is 26.0. The maximum Gasteiger partial charge on any atom is 0.245 e. The summed E-state index contributed by atoms with van der Waals surface area (Å²) in [5.74, 6) is -7.04. The molecule has 0 bridgehead atoms. The molecule has 8 amide bonds. The summed E-state index contributed by atoms with van der Waals surface area (Å²) in [6.45, 7) is 6.27. The van der Waals surface area contributed by atoms with Gasteiger partial charge in [-0.15, -0.1) is 0 Å². The molecule has 0 unspecified atom stereocenters. The fraction of sp³-hybridized carbons (Fsp3) is 0.421. The Labute approximate surface area is 456 Å². The van der Waals surface area contributed by atoms with E-state index in [0.29, 0.717) is 12.0 Å². The highest BCUT2D eigenvalue weighted by Crippen LogP contribution is 2.14. The van der Waals surface area contributed by atoms with Crippen molar-refractivity contribution in [2.45, 2.75) is 127 Å². The van der Waals surface area contributed by atoms with Gasteiger partial charge in [-0.2, -0.15) is 0 Å². The molecule has 0 saturated carbocycles. The summed E-state index contributed by atoms with van der Waals surface area (Å²) in [6.07, 6.45) is 0.892. The lowest BCUT2D eigenvalue weighted by Crippen LogP contribution is -2.61. The highest BCUT2D eigenvalue weighted by molar-refractivity contribution is 5.98. The monoisotopic (exact) mass is 1070 g/mol. The number of carbonyl (C=O) groups excluding carboxylic acids is 8. The van der Waals surface area contributed by atoms with Crippen LogP contribution in [0.4, 0.5) is 0 Å². The molecule has 16 N–H and O–H groups in total. The van der Waals surface area contributed by atoms with Crippen LogP contribution in [0, 0.1) is 11.8 Å². The van der Waals surface area contributed by atoms with Crippen LogP contribution < -0.4 is 60.2 Å². The quantitative estimate of drug-likeness (QED) is 0.0179. The van der Waals surface area contributed by atoms with Crippen molar-refractivity contribution in [2.75, 3.05) is 13.2 Å². The Balaban J connectivity index is 1.55. The lowest BCUT2D eigenvalue weighted by Gasteiger charge is -2.29. The third kappa shape index (κ3) is 21.5. The van der Waals surface area contributed by atoms with Crippen molar-refractivity contribution in [2.24, 2.45) is 39.8 Å². The molecular weight excluding hydrogens is 997 g/mol. The Morgan fingerprint density at radius 3 is 1.28 bits per heavy atom. The Morgan fingerprint density at radius 1 is 0.474 bits per heavy atom. The van der Waals surface area contributed by atoms with Crippen molar-refractivity contribution < 1.29 is 43.5 Å². The molecule has 21 heteroatoms. The maximum atomic E-state index is 14.5. The van der Waals surface area contributed by atoms with E-state index in [1.807, 2.05) is 36.4 Å². The second-order valence-corrected chi connectivity index (χ2v) is 19.8. The number of primary amides is 1. The zero-order valence-corrected chi connectivity index (χ0v) is 44.9. The number of benzene rings is 4. The van der Waals surface area contributed by atoms with Crippen LogP contribution in [0.15, 0.2) is 126 Å². The first-order valence-corrected chi connectivity index (χ1v) is 26.3. The van der Waals surface area contributed by atoms with Gasteiger partial charge in [0.2, 0.25) is 47.3 Å². The van der Waals surface area contributed by atoms with Gasteiger partial charge in [0.1, 0.15) is 42.3 Å². The first kappa shape index (κ1) is 62.4. The van der Waals surface area contributed by atoms with Crippen LogP contribution in [0.3, 0.4) is 0 Å². The number of nitrogens with zero attached hydrogens (tertiary/aromatic N) is 1. The molecule has 0 aliphatic rings. The molecule has 21 nitrogen and oxygen atoms in total. The molecular formula is C57H78N12O9. The predicted octanol–water partition coefficient (Wildman–Crippen LogP) is 0.301. The smallest absolute Gasteiger partial charge is 0.245 e. The summed E-state index contributed by atoms with van der Waals surface area (Å²) in [5, 5.41) is 29.4. The minimum absolute atomic E-state index is 0.0266. The van der Waals surface area contributed by atoms with Crippen molar-refractivity contribution in [1.82, 2.24) is 37.2 Å². The summed E-state index contributed by atoms with van der Waals surface area (Å²) in [6, 6.07) is 25.8. The predicted molar refractivity (Wildman–Crippen MR) is 297 cm³/mol. The molecule has 0 aromatic heterocycles. The van der Waals surface area contributed by atoms with Gasteiger partial charge in [-0.05, 0) is 59.8 Å². The minimum atomic E-state index is -1.66. The van der Waals surface area contributed by atoms with Gasteiger partial charge in [0.05, 0.1) is 12.6 Å². The number of nitrogens with one attached hydrogen (secondary N) is 7. The van der Waals surface area contributed by atoms with Crippen molar-refractivity contribution in [1.29, 1.82) is 0 Å². The van der Waals surface area contributed by atoms with Crippen LogP contribution in [0.1, 0.15) is 75.6 Å². The average molecular weight is 1080 g/mol. The molecule has 0 spiro atoms. The van der Waals surface area contributed by atoms with Gasteiger partial charge in [-0.25, -0.2) is 0 Å². The first-order valence-electron chi connectivity index (χ1n) is 26.3. The molecule has 78 heavy (non-hydrogen) atoms. The number of aliphatic hydroxyl groups is 1. The van der Waals surface area contributed by atoms with Crippen LogP contribution >= 0.6 is 0 Å². The standard InChI is InChI=1S/C57H78N12O9/c1-5-36(4)48(56(78)64-43(49(59)71)31-38-21-12-7-13-22-38)69-51(73)42(27-18-28-62-57(60)61)63-55(77)47(34-70)68-52(74)44(29-35(2)3)66-54(76)46(33-40-25-16-9-17-26-40)67-53(75)45(32-39-23-14-8-15-24-39)65-50(72)41(58)30-37-19-10-6-11-20-37/h6-17,19-26,35-36,41-48,70H,5,18,27-34,58H2,1-4H3,(H2,59,71)(H,63,77)(H,64,78)(H,65,72)(H,66,76)(H,67,75)(H,68,74)(H,69,73)(H4,60,61,62)/t36-,41-,42-,43-,44-,45-,46-,47-,48-/m0/s1. The minimum Gasteiger partial charge on any atom is -0.394 e. The first-order chi connectivity index (χ1) is 37.3. The number of nitrogens with two attached hydrogens (primary N) is 4. The van der Waals surface area contributed by atoms with E-state index in [4.69, 9.17) is 22.9 Å². The van der Waals surface area contributed by atoms with E-state index in [0.717, 1.165) is 16.7 Å². The Morgan fingerprint density at radius 2 is 0.846 bits per heavy atom. The van der Waals surface area contributed by atoms with E-state index >= 15 is 0 Å². The molecule has 0 heterocycles. The van der Waals surface area contributed by atoms with E-state index in [1.54, 1.807) is 113 Å². The SMILES string of the molecule is CC[C@H](C)[C@H](NC(=O)[C@H](CCCN=C(N)N)NC(=O)[C@H](CO)NC(=O)[C@H](CC(C)C)NC(=O)[C@H](Cc1ccccc1)NC(=O)[C@H](Cc1ccccc1)NC(=O)[C@@H](N)Cc1ccccc1)C(=O)N[C@@H](Cc1ccccc1)C(N)=O. The van der Waals surface area contributed by atoms with Gasteiger partial charge in [0, 0.05) is 25.8 Å². The van der Waals surface area contributed by atoms with Crippen LogP contribution in [0.2, 0.25) is 0 Å². The van der Waals surface area contributed by atoms with E-state index in [2.05, 4.69) is 42.2 Å². The summed E-state index contributed by atoms with van der Waals surface area (Å²) < 4.78 is 0. The summed E-state index contributed by atoms with van der Waals surface area (Å²) >= 11 is 0. The topological polar surface area (TPSA) is 357 Å². The second-order valence-electron chi connectivity index (χ2n) is 19.8. The van der Waals surface area contributed by atoms with Crippen LogP contribution in [-0.2, 0) is 64.0 Å². The van der Waals surface area contributed by atoms with Gasteiger partial charge >= 0.3 is 0 Å². The van der Waals surface area contributed by atoms with E-state index in [-0.39, 0.29) is 63.4 Å². The fourth-order valence-corrected chi connectivity index (χ4v) is 8.41. The molecule has 4 aromatic rings. The lowest BCUT2D eigenvalue weighted by molar-refractivity contribution is -0.136. The molecule has 0 radical (unpaired) electrons. The number of guanidine groups is 1.